The average Bonchev–Trinajstić information content (AvgIpc) is 1.89. The van der Waals surface area contributed by atoms with Gasteiger partial charge in [-0.2, -0.15) is 5.26 Å². The van der Waals surface area contributed by atoms with Crippen molar-refractivity contribution in [1.82, 2.24) is 10.6 Å². The van der Waals surface area contributed by atoms with Gasteiger partial charge in [0.25, 0.3) is 6.26 Å². The molecule has 2 N–H and O–H groups in total. The SMILES string of the molecule is CCNCNCOC#N. The van der Waals surface area contributed by atoms with Crippen molar-refractivity contribution in [3.63, 3.8) is 0 Å². The van der Waals surface area contributed by atoms with Crippen LogP contribution in [-0.2, 0) is 4.74 Å². The first kappa shape index (κ1) is 8.21. The fourth-order valence-corrected chi connectivity index (χ4v) is 0.348. The number of nitriles is 1. The van der Waals surface area contributed by atoms with Crippen LogP contribution in [0.4, 0.5) is 0 Å². The highest BCUT2D eigenvalue weighted by Gasteiger charge is 1.80. The van der Waals surface area contributed by atoms with Crippen molar-refractivity contribution in [3.8, 4) is 6.26 Å². The third kappa shape index (κ3) is 7.21. The topological polar surface area (TPSA) is 57.1 Å². The summed E-state index contributed by atoms with van der Waals surface area (Å²) in [6, 6.07) is 0. The first-order valence-corrected chi connectivity index (χ1v) is 2.84. The molecule has 0 saturated heterocycles. The molecule has 0 aliphatic heterocycles. The average molecular weight is 129 g/mol. The van der Waals surface area contributed by atoms with Crippen LogP contribution in [0.5, 0.6) is 0 Å². The van der Waals surface area contributed by atoms with Crippen LogP contribution in [0.15, 0.2) is 0 Å². The predicted molar refractivity (Wildman–Crippen MR) is 33.2 cm³/mol. The molecular formula is C5H11N3O. The first-order valence-electron chi connectivity index (χ1n) is 2.84. The molecule has 0 fully saturated rings. The molecule has 4 heteroatoms. The molecule has 0 aromatic rings. The van der Waals surface area contributed by atoms with Gasteiger partial charge in [-0.3, -0.25) is 5.32 Å². The number of nitrogens with zero attached hydrogens (tertiary/aromatic N) is 1. The molecule has 0 aliphatic rings. The second-order valence-corrected chi connectivity index (χ2v) is 1.41. The van der Waals surface area contributed by atoms with E-state index in [0.717, 1.165) is 6.54 Å². The van der Waals surface area contributed by atoms with Gasteiger partial charge < -0.3 is 10.1 Å². The van der Waals surface area contributed by atoms with Gasteiger partial charge in [0.15, 0.2) is 6.73 Å². The third-order valence-corrected chi connectivity index (χ3v) is 0.739. The molecule has 0 bridgehead atoms. The molecular weight excluding hydrogens is 118 g/mol. The van der Waals surface area contributed by atoms with Crippen molar-refractivity contribution in [2.24, 2.45) is 0 Å². The van der Waals surface area contributed by atoms with Crippen LogP contribution in [-0.4, -0.2) is 19.9 Å². The van der Waals surface area contributed by atoms with Crippen molar-refractivity contribution in [2.45, 2.75) is 6.92 Å². The molecule has 0 spiro atoms. The maximum atomic E-state index is 7.89. The van der Waals surface area contributed by atoms with Gasteiger partial charge in [0.05, 0.1) is 0 Å². The second-order valence-electron chi connectivity index (χ2n) is 1.41. The molecule has 0 aliphatic carbocycles. The molecule has 9 heavy (non-hydrogen) atoms. The molecule has 0 unspecified atom stereocenters. The van der Waals surface area contributed by atoms with Crippen LogP contribution in [0.1, 0.15) is 6.92 Å². The minimum atomic E-state index is 0.281. The van der Waals surface area contributed by atoms with Crippen molar-refractivity contribution < 1.29 is 4.74 Å². The monoisotopic (exact) mass is 129 g/mol. The Balaban J connectivity index is 2.69. The highest BCUT2D eigenvalue weighted by atomic mass is 16.5. The van der Waals surface area contributed by atoms with Gasteiger partial charge in [-0.05, 0) is 6.54 Å². The molecule has 0 heterocycles. The Kier molecular flexibility index (Phi) is 6.58. The van der Waals surface area contributed by atoms with Gasteiger partial charge in [0, 0.05) is 6.67 Å². The molecule has 0 atom stereocenters. The van der Waals surface area contributed by atoms with E-state index in [9.17, 15) is 0 Å². The van der Waals surface area contributed by atoms with Gasteiger partial charge >= 0.3 is 0 Å². The lowest BCUT2D eigenvalue weighted by Gasteiger charge is -2.00. The maximum Gasteiger partial charge on any atom is 0.287 e. The molecule has 0 amide bonds. The molecule has 0 aromatic heterocycles. The lowest BCUT2D eigenvalue weighted by Crippen LogP contribution is -2.29. The van der Waals surface area contributed by atoms with E-state index in [0.29, 0.717) is 6.67 Å². The van der Waals surface area contributed by atoms with Crippen LogP contribution >= 0.6 is 0 Å². The first-order chi connectivity index (χ1) is 4.41. The summed E-state index contributed by atoms with van der Waals surface area (Å²) >= 11 is 0. The largest absolute Gasteiger partial charge is 0.412 e. The van der Waals surface area contributed by atoms with Crippen molar-refractivity contribution in [2.75, 3.05) is 19.9 Å². The molecule has 0 saturated carbocycles. The Morgan fingerprint density at radius 1 is 1.56 bits per heavy atom. The minimum absolute atomic E-state index is 0.281. The number of hydrogen-bond donors (Lipinski definition) is 2. The Bertz CT molecular complexity index is 88.7. The molecule has 0 radical (unpaired) electrons. The predicted octanol–water partition coefficient (Wildman–Crippen LogP) is -0.402. The molecule has 0 rings (SSSR count). The Labute approximate surface area is 54.8 Å². The Morgan fingerprint density at radius 2 is 2.33 bits per heavy atom. The smallest absolute Gasteiger partial charge is 0.287 e. The summed E-state index contributed by atoms with van der Waals surface area (Å²) in [6.07, 6.45) is 1.55. The maximum absolute atomic E-state index is 7.89. The fraction of sp³-hybridized carbons (Fsp3) is 0.800. The standard InChI is InChI=1S/C5H11N3O/c1-2-7-4-8-5-9-3-6/h7-8H,2,4-5H2,1H3. The van der Waals surface area contributed by atoms with Crippen LogP contribution in [0.2, 0.25) is 0 Å². The lowest BCUT2D eigenvalue weighted by atomic mass is 10.7. The van der Waals surface area contributed by atoms with Gasteiger partial charge in [-0.1, -0.05) is 6.92 Å². The van der Waals surface area contributed by atoms with E-state index in [2.05, 4.69) is 15.4 Å². The van der Waals surface area contributed by atoms with E-state index < -0.39 is 0 Å². The Hall–Kier alpha value is -0.790. The normalized spacial score (nSPS) is 8.44. The second kappa shape index (κ2) is 7.21. The summed E-state index contributed by atoms with van der Waals surface area (Å²) < 4.78 is 4.33. The van der Waals surface area contributed by atoms with Crippen molar-refractivity contribution in [3.05, 3.63) is 0 Å². The van der Waals surface area contributed by atoms with Crippen LogP contribution < -0.4 is 10.6 Å². The van der Waals surface area contributed by atoms with Crippen LogP contribution in [0, 0.1) is 11.5 Å². The van der Waals surface area contributed by atoms with Crippen molar-refractivity contribution in [1.29, 1.82) is 5.26 Å². The zero-order valence-electron chi connectivity index (χ0n) is 5.48. The zero-order valence-corrected chi connectivity index (χ0v) is 5.48. The molecule has 52 valence electrons. The zero-order chi connectivity index (χ0) is 6.95. The highest BCUT2D eigenvalue weighted by Crippen LogP contribution is 1.60. The lowest BCUT2D eigenvalue weighted by molar-refractivity contribution is 0.237. The van der Waals surface area contributed by atoms with E-state index in [1.165, 1.54) is 0 Å². The van der Waals surface area contributed by atoms with Crippen molar-refractivity contribution >= 4 is 0 Å². The summed E-state index contributed by atoms with van der Waals surface area (Å²) in [5.41, 5.74) is 0. The number of nitrogens with one attached hydrogen (secondary N) is 2. The van der Waals surface area contributed by atoms with Gasteiger partial charge in [-0.25, -0.2) is 0 Å². The van der Waals surface area contributed by atoms with E-state index in [1.54, 1.807) is 6.26 Å². The van der Waals surface area contributed by atoms with Gasteiger partial charge in [0.2, 0.25) is 0 Å². The molecule has 4 nitrogen and oxygen atoms in total. The van der Waals surface area contributed by atoms with Gasteiger partial charge in [-0.15, -0.1) is 0 Å². The fourth-order valence-electron chi connectivity index (χ4n) is 0.348. The Morgan fingerprint density at radius 3 is 2.89 bits per heavy atom. The van der Waals surface area contributed by atoms with E-state index in [4.69, 9.17) is 5.26 Å². The van der Waals surface area contributed by atoms with E-state index in [1.807, 2.05) is 6.92 Å². The van der Waals surface area contributed by atoms with E-state index in [-0.39, 0.29) is 6.73 Å². The third-order valence-electron chi connectivity index (χ3n) is 0.739. The number of hydrogen-bond acceptors (Lipinski definition) is 4. The summed E-state index contributed by atoms with van der Waals surface area (Å²) in [7, 11) is 0. The van der Waals surface area contributed by atoms with Crippen LogP contribution in [0.3, 0.4) is 0 Å². The highest BCUT2D eigenvalue weighted by molar-refractivity contribution is 4.45. The summed E-state index contributed by atoms with van der Waals surface area (Å²) in [5.74, 6) is 0. The van der Waals surface area contributed by atoms with Gasteiger partial charge in [0.1, 0.15) is 0 Å². The summed E-state index contributed by atoms with van der Waals surface area (Å²) in [4.78, 5) is 0. The number of rotatable bonds is 5. The summed E-state index contributed by atoms with van der Waals surface area (Å²) in [6.45, 7) is 3.88. The number of ether oxygens (including phenoxy) is 1. The van der Waals surface area contributed by atoms with E-state index >= 15 is 0 Å². The molecule has 0 aromatic carbocycles. The minimum Gasteiger partial charge on any atom is -0.412 e. The summed E-state index contributed by atoms with van der Waals surface area (Å²) in [5, 5.41) is 13.7. The quantitative estimate of drug-likeness (QED) is 0.301. The van der Waals surface area contributed by atoms with Crippen LogP contribution in [0.25, 0.3) is 0 Å².